The second-order valence-corrected chi connectivity index (χ2v) is 5.75. The zero-order valence-electron chi connectivity index (χ0n) is 12.8. The first kappa shape index (κ1) is 14.6. The number of aliphatic hydroxyl groups excluding tert-OH is 1. The zero-order chi connectivity index (χ0) is 16.5. The molecule has 6 heteroatoms. The summed E-state index contributed by atoms with van der Waals surface area (Å²) in [6, 6.07) is 14.3. The van der Waals surface area contributed by atoms with Gasteiger partial charge in [-0.1, -0.05) is 30.3 Å². The normalized spacial score (nSPS) is 19.0. The molecule has 0 saturated carbocycles. The molecule has 0 unspecified atom stereocenters. The molecule has 4 rings (SSSR count). The van der Waals surface area contributed by atoms with Crippen LogP contribution < -0.4 is 5.32 Å². The molecule has 2 heterocycles. The van der Waals surface area contributed by atoms with Crippen LogP contribution in [0.15, 0.2) is 60.9 Å². The molecule has 2 aromatic heterocycles. The molecule has 0 spiro atoms. The summed E-state index contributed by atoms with van der Waals surface area (Å²) < 4.78 is 1.59. The van der Waals surface area contributed by atoms with Crippen molar-refractivity contribution in [3.8, 4) is 5.82 Å². The average molecular weight is 320 g/mol. The Bertz CT molecular complexity index is 876. The second kappa shape index (κ2) is 5.90. The van der Waals surface area contributed by atoms with E-state index in [2.05, 4.69) is 15.4 Å². The van der Waals surface area contributed by atoms with E-state index in [-0.39, 0.29) is 5.91 Å². The lowest BCUT2D eigenvalue weighted by Crippen LogP contribution is -2.34. The van der Waals surface area contributed by atoms with Gasteiger partial charge in [0.15, 0.2) is 5.82 Å². The largest absolute Gasteiger partial charge is 0.390 e. The van der Waals surface area contributed by atoms with E-state index in [1.165, 1.54) is 0 Å². The van der Waals surface area contributed by atoms with Crippen molar-refractivity contribution in [3.63, 3.8) is 0 Å². The molecule has 1 aromatic carbocycles. The molecular formula is C18H16N4O2. The molecule has 0 fully saturated rings. The fourth-order valence-electron chi connectivity index (χ4n) is 3.04. The van der Waals surface area contributed by atoms with Crippen LogP contribution in [0.4, 0.5) is 0 Å². The Morgan fingerprint density at radius 1 is 1.17 bits per heavy atom. The summed E-state index contributed by atoms with van der Waals surface area (Å²) in [7, 11) is 0. The Morgan fingerprint density at radius 2 is 2.04 bits per heavy atom. The van der Waals surface area contributed by atoms with Gasteiger partial charge in [0.1, 0.15) is 5.69 Å². The number of rotatable bonds is 3. The molecule has 24 heavy (non-hydrogen) atoms. The van der Waals surface area contributed by atoms with Gasteiger partial charge in [-0.15, -0.1) is 0 Å². The van der Waals surface area contributed by atoms with E-state index in [0.29, 0.717) is 17.9 Å². The van der Waals surface area contributed by atoms with Crippen LogP contribution in [0.1, 0.15) is 27.7 Å². The summed E-state index contributed by atoms with van der Waals surface area (Å²) in [5, 5.41) is 17.3. The number of pyridine rings is 1. The van der Waals surface area contributed by atoms with E-state index < -0.39 is 12.1 Å². The highest BCUT2D eigenvalue weighted by atomic mass is 16.3. The van der Waals surface area contributed by atoms with E-state index in [9.17, 15) is 9.90 Å². The number of aliphatic hydroxyl groups is 1. The first-order valence-electron chi connectivity index (χ1n) is 7.76. The van der Waals surface area contributed by atoms with Gasteiger partial charge in [0.05, 0.1) is 12.1 Å². The number of nitrogens with one attached hydrogen (secondary N) is 1. The summed E-state index contributed by atoms with van der Waals surface area (Å²) in [5.74, 6) is 0.254. The fourth-order valence-corrected chi connectivity index (χ4v) is 3.04. The Labute approximate surface area is 138 Å². The van der Waals surface area contributed by atoms with E-state index in [4.69, 9.17) is 0 Å². The minimum Gasteiger partial charge on any atom is -0.390 e. The van der Waals surface area contributed by atoms with Crippen LogP contribution in [-0.4, -0.2) is 31.9 Å². The summed E-state index contributed by atoms with van der Waals surface area (Å²) in [5.41, 5.74) is 2.31. The number of hydrogen-bond acceptors (Lipinski definition) is 4. The summed E-state index contributed by atoms with van der Waals surface area (Å²) in [6.45, 7) is 0. The molecule has 3 aromatic rings. The van der Waals surface area contributed by atoms with Gasteiger partial charge in [-0.3, -0.25) is 4.79 Å². The highest BCUT2D eigenvalue weighted by molar-refractivity contribution is 5.92. The SMILES string of the molecule is O=C(N[C@@H]1c2ccccc2C[C@H]1O)c1cccc(-n2cccn2)n1. The van der Waals surface area contributed by atoms with Crippen molar-refractivity contribution in [1.29, 1.82) is 0 Å². The third-order valence-electron chi connectivity index (χ3n) is 4.20. The first-order valence-corrected chi connectivity index (χ1v) is 7.76. The average Bonchev–Trinajstić information content (AvgIpc) is 3.24. The van der Waals surface area contributed by atoms with Crippen molar-refractivity contribution in [3.05, 3.63) is 77.7 Å². The maximum absolute atomic E-state index is 12.6. The number of benzene rings is 1. The third kappa shape index (κ3) is 2.57. The smallest absolute Gasteiger partial charge is 0.270 e. The Balaban J connectivity index is 1.58. The number of fused-ring (bicyclic) bond motifs is 1. The van der Waals surface area contributed by atoms with Gasteiger partial charge in [0, 0.05) is 18.8 Å². The maximum Gasteiger partial charge on any atom is 0.270 e. The van der Waals surface area contributed by atoms with Crippen molar-refractivity contribution in [2.75, 3.05) is 0 Å². The number of carbonyl (C=O) groups is 1. The van der Waals surface area contributed by atoms with Crippen LogP contribution in [0, 0.1) is 0 Å². The van der Waals surface area contributed by atoms with Crippen molar-refractivity contribution < 1.29 is 9.90 Å². The summed E-state index contributed by atoms with van der Waals surface area (Å²) >= 11 is 0. The van der Waals surface area contributed by atoms with Crippen LogP contribution in [0.25, 0.3) is 5.82 Å². The molecule has 0 radical (unpaired) electrons. The van der Waals surface area contributed by atoms with Gasteiger partial charge in [-0.2, -0.15) is 5.10 Å². The monoisotopic (exact) mass is 320 g/mol. The van der Waals surface area contributed by atoms with E-state index in [1.807, 2.05) is 24.3 Å². The molecule has 1 amide bonds. The Hall–Kier alpha value is -2.99. The predicted octanol–water partition coefficient (Wildman–Crippen LogP) is 1.66. The van der Waals surface area contributed by atoms with Crippen LogP contribution in [0.3, 0.4) is 0 Å². The Kier molecular flexibility index (Phi) is 3.59. The maximum atomic E-state index is 12.6. The highest BCUT2D eigenvalue weighted by Gasteiger charge is 2.32. The molecular weight excluding hydrogens is 304 g/mol. The van der Waals surface area contributed by atoms with Crippen molar-refractivity contribution in [2.24, 2.45) is 0 Å². The van der Waals surface area contributed by atoms with Gasteiger partial charge < -0.3 is 10.4 Å². The minimum atomic E-state index is -0.624. The van der Waals surface area contributed by atoms with Crippen molar-refractivity contribution >= 4 is 5.91 Å². The standard InChI is InChI=1S/C18H16N4O2/c23-15-11-12-5-1-2-6-13(12)17(15)21-18(24)14-7-3-8-16(20-14)22-10-4-9-19-22/h1-10,15,17,23H,11H2,(H,21,24)/t15-,17-/m1/s1. The van der Waals surface area contributed by atoms with Crippen LogP contribution >= 0.6 is 0 Å². The number of hydrogen-bond donors (Lipinski definition) is 2. The number of carbonyl (C=O) groups excluding carboxylic acids is 1. The van der Waals surface area contributed by atoms with E-state index >= 15 is 0 Å². The molecule has 0 bridgehead atoms. The van der Waals surface area contributed by atoms with Crippen molar-refractivity contribution in [1.82, 2.24) is 20.1 Å². The molecule has 6 nitrogen and oxygen atoms in total. The zero-order valence-corrected chi connectivity index (χ0v) is 12.8. The lowest BCUT2D eigenvalue weighted by atomic mass is 10.1. The van der Waals surface area contributed by atoms with Crippen molar-refractivity contribution in [2.45, 2.75) is 18.6 Å². The molecule has 2 N–H and O–H groups in total. The van der Waals surface area contributed by atoms with Gasteiger partial charge in [0.25, 0.3) is 5.91 Å². The molecule has 120 valence electrons. The summed E-state index contributed by atoms with van der Waals surface area (Å²) in [4.78, 5) is 16.9. The quantitative estimate of drug-likeness (QED) is 0.769. The van der Waals surface area contributed by atoms with Gasteiger partial charge >= 0.3 is 0 Å². The first-order chi connectivity index (χ1) is 11.7. The Morgan fingerprint density at radius 3 is 2.88 bits per heavy atom. The lowest BCUT2D eigenvalue weighted by molar-refractivity contribution is 0.0853. The fraction of sp³-hybridized carbons (Fsp3) is 0.167. The van der Waals surface area contributed by atoms with Gasteiger partial charge in [-0.05, 0) is 29.3 Å². The van der Waals surface area contributed by atoms with E-state index in [1.54, 1.807) is 41.3 Å². The molecule has 0 saturated heterocycles. The number of aromatic nitrogens is 3. The topological polar surface area (TPSA) is 80.0 Å². The highest BCUT2D eigenvalue weighted by Crippen LogP contribution is 2.31. The molecule has 2 atom stereocenters. The predicted molar refractivity (Wildman–Crippen MR) is 87.7 cm³/mol. The number of nitrogens with zero attached hydrogens (tertiary/aromatic N) is 3. The van der Waals surface area contributed by atoms with Crippen LogP contribution in [0.5, 0.6) is 0 Å². The van der Waals surface area contributed by atoms with E-state index in [0.717, 1.165) is 11.1 Å². The molecule has 1 aliphatic carbocycles. The molecule has 1 aliphatic rings. The number of amides is 1. The van der Waals surface area contributed by atoms with Crippen LogP contribution in [-0.2, 0) is 6.42 Å². The van der Waals surface area contributed by atoms with Gasteiger partial charge in [0.2, 0.25) is 0 Å². The lowest BCUT2D eigenvalue weighted by Gasteiger charge is -2.17. The van der Waals surface area contributed by atoms with Gasteiger partial charge in [-0.25, -0.2) is 9.67 Å². The minimum absolute atomic E-state index is 0.291. The molecule has 0 aliphatic heterocycles. The van der Waals surface area contributed by atoms with Crippen LogP contribution in [0.2, 0.25) is 0 Å². The third-order valence-corrected chi connectivity index (χ3v) is 4.20. The summed E-state index contributed by atoms with van der Waals surface area (Å²) in [6.07, 6.45) is 3.34. The second-order valence-electron chi connectivity index (χ2n) is 5.75.